The number of hydrogen-bond donors (Lipinski definition) is 2. The molecule has 0 heterocycles. The molecule has 3 aromatic rings. The van der Waals surface area contributed by atoms with Crippen LogP contribution in [-0.2, 0) is 20.2 Å². The third-order valence-electron chi connectivity index (χ3n) is 3.32. The van der Waals surface area contributed by atoms with Gasteiger partial charge in [-0.25, -0.2) is 16.8 Å². The summed E-state index contributed by atoms with van der Waals surface area (Å²) in [4.78, 5) is -0.670. The largest absolute Gasteiger partial charge is 0.744 e. The number of rotatable bonds is 2. The van der Waals surface area contributed by atoms with Crippen molar-refractivity contribution in [1.82, 2.24) is 0 Å². The molecule has 0 fully saturated rings. The first-order valence-electron chi connectivity index (χ1n) is 7.45. The first kappa shape index (κ1) is 22.0. The van der Waals surface area contributed by atoms with Crippen LogP contribution in [0.3, 0.4) is 0 Å². The zero-order chi connectivity index (χ0) is 20.1. The summed E-state index contributed by atoms with van der Waals surface area (Å²) in [5, 5.41) is 2.31. The topological polar surface area (TPSA) is 170 Å². The van der Waals surface area contributed by atoms with Crippen LogP contribution in [0.5, 0.6) is 0 Å². The Bertz CT molecular complexity index is 1030. The van der Waals surface area contributed by atoms with E-state index in [9.17, 15) is 25.9 Å². The van der Waals surface area contributed by atoms with Gasteiger partial charge >= 0.3 is 0 Å². The zero-order valence-corrected chi connectivity index (χ0v) is 15.9. The Morgan fingerprint density at radius 1 is 0.577 bits per heavy atom. The first-order chi connectivity index (χ1) is 12.1. The Hall–Kier alpha value is -2.08. The Morgan fingerprint density at radius 3 is 1.15 bits per heavy atom. The van der Waals surface area contributed by atoms with Crippen LogP contribution >= 0.6 is 0 Å². The molecule has 0 saturated carbocycles. The smallest absolute Gasteiger partial charge is 0.124 e. The van der Waals surface area contributed by atoms with Crippen LogP contribution in [0.2, 0.25) is 0 Å². The SMILES string of the molecule is C[NH3+].C[NH3+].O=S(=O)([O-])c1ccc2cc3cc(S(=O)(=O)[O-])ccc3cc2c1. The second kappa shape index (κ2) is 8.54. The molecule has 0 spiro atoms. The third kappa shape index (κ3) is 4.97. The van der Waals surface area contributed by atoms with E-state index in [0.29, 0.717) is 21.5 Å². The average molecular weight is 400 g/mol. The Morgan fingerprint density at radius 2 is 0.885 bits per heavy atom. The molecule has 0 radical (unpaired) electrons. The summed E-state index contributed by atoms with van der Waals surface area (Å²) in [5.74, 6) is 0. The molecule has 8 nitrogen and oxygen atoms in total. The van der Waals surface area contributed by atoms with E-state index >= 15 is 0 Å². The van der Waals surface area contributed by atoms with Crippen LogP contribution in [0.25, 0.3) is 21.5 Å². The quantitative estimate of drug-likeness (QED) is 0.434. The summed E-state index contributed by atoms with van der Waals surface area (Å²) < 4.78 is 66.2. The molecule has 6 N–H and O–H groups in total. The molecule has 3 rings (SSSR count). The molecular formula is C16H20N2O6S2. The standard InChI is InChI=1S/C14H10O6S2.2CH5N/c15-21(16,17)13-3-1-9-5-12-8-14(22(18,19)20)4-2-10(12)6-11(9)7-13;2*1-2/h1-8H,(H,15,16,17)(H,18,19,20);2*2H2,1H3. The summed E-state index contributed by atoms with van der Waals surface area (Å²) in [7, 11) is -5.59. The summed E-state index contributed by atoms with van der Waals surface area (Å²) in [6.07, 6.45) is 0. The minimum Gasteiger partial charge on any atom is -0.744 e. The number of fused-ring (bicyclic) bond motifs is 2. The molecule has 0 bridgehead atoms. The highest BCUT2D eigenvalue weighted by molar-refractivity contribution is 7.86. The molecule has 10 heteroatoms. The fraction of sp³-hybridized carbons (Fsp3) is 0.125. The van der Waals surface area contributed by atoms with Crippen molar-refractivity contribution in [3.8, 4) is 0 Å². The van der Waals surface area contributed by atoms with E-state index in [2.05, 4.69) is 11.5 Å². The lowest BCUT2D eigenvalue weighted by Crippen LogP contribution is -2.40. The van der Waals surface area contributed by atoms with Crippen molar-refractivity contribution in [3.63, 3.8) is 0 Å². The minimum atomic E-state index is -4.54. The van der Waals surface area contributed by atoms with E-state index in [1.54, 1.807) is 26.2 Å². The predicted molar refractivity (Wildman–Crippen MR) is 95.0 cm³/mol. The zero-order valence-electron chi connectivity index (χ0n) is 14.3. The second-order valence-corrected chi connectivity index (χ2v) is 7.54. The number of benzene rings is 3. The second-order valence-electron chi connectivity index (χ2n) is 4.78. The third-order valence-corrected chi connectivity index (χ3v) is 4.98. The molecule has 142 valence electrons. The summed E-state index contributed by atoms with van der Waals surface area (Å²) in [5.41, 5.74) is 6.50. The van der Waals surface area contributed by atoms with Gasteiger partial charge in [0, 0.05) is 0 Å². The van der Waals surface area contributed by atoms with E-state index in [4.69, 9.17) is 0 Å². The van der Waals surface area contributed by atoms with Crippen molar-refractivity contribution in [1.29, 1.82) is 0 Å². The van der Waals surface area contributed by atoms with Crippen molar-refractivity contribution in [2.24, 2.45) is 0 Å². The van der Waals surface area contributed by atoms with Crippen LogP contribution in [0.4, 0.5) is 0 Å². The fourth-order valence-corrected chi connectivity index (χ4v) is 3.28. The summed E-state index contributed by atoms with van der Waals surface area (Å²) in [6.45, 7) is 0. The van der Waals surface area contributed by atoms with Gasteiger partial charge in [-0.15, -0.1) is 0 Å². The molecule has 0 saturated heterocycles. The lowest BCUT2D eigenvalue weighted by Gasteiger charge is -2.11. The first-order valence-corrected chi connectivity index (χ1v) is 10.3. The van der Waals surface area contributed by atoms with Crippen LogP contribution in [0.15, 0.2) is 58.3 Å². The van der Waals surface area contributed by atoms with E-state index in [1.807, 2.05) is 0 Å². The molecule has 26 heavy (non-hydrogen) atoms. The molecule has 0 aliphatic rings. The van der Waals surface area contributed by atoms with Gasteiger partial charge in [0.1, 0.15) is 20.2 Å². The number of quaternary nitrogens is 2. The predicted octanol–water partition coefficient (Wildman–Crippen LogP) is -0.483. The highest BCUT2D eigenvalue weighted by atomic mass is 32.2. The molecule has 0 aliphatic heterocycles. The molecule has 0 aromatic heterocycles. The van der Waals surface area contributed by atoms with Gasteiger partial charge < -0.3 is 20.6 Å². The number of hydrogen-bond acceptors (Lipinski definition) is 6. The lowest BCUT2D eigenvalue weighted by molar-refractivity contribution is -0.325. The van der Waals surface area contributed by atoms with Crippen LogP contribution in [-0.4, -0.2) is 40.0 Å². The van der Waals surface area contributed by atoms with Crippen molar-refractivity contribution in [2.75, 3.05) is 14.1 Å². The maximum atomic E-state index is 11.0. The van der Waals surface area contributed by atoms with Gasteiger partial charge in [0.05, 0.1) is 23.9 Å². The molecule has 0 unspecified atom stereocenters. The van der Waals surface area contributed by atoms with Gasteiger partial charge in [-0.2, -0.15) is 0 Å². The van der Waals surface area contributed by atoms with Gasteiger partial charge in [0.2, 0.25) is 0 Å². The van der Waals surface area contributed by atoms with Crippen LogP contribution in [0, 0.1) is 0 Å². The maximum Gasteiger partial charge on any atom is 0.124 e. The van der Waals surface area contributed by atoms with Crippen molar-refractivity contribution >= 4 is 41.8 Å². The van der Waals surface area contributed by atoms with E-state index in [-0.39, 0.29) is 9.79 Å². The molecule has 0 amide bonds. The normalized spacial score (nSPS) is 11.3. The lowest BCUT2D eigenvalue weighted by atomic mass is 10.0. The van der Waals surface area contributed by atoms with Gasteiger partial charge in [-0.05, 0) is 57.9 Å². The van der Waals surface area contributed by atoms with Gasteiger partial charge in [0.25, 0.3) is 0 Å². The minimum absolute atomic E-state index is 0.335. The van der Waals surface area contributed by atoms with Crippen molar-refractivity contribution in [2.45, 2.75) is 9.79 Å². The van der Waals surface area contributed by atoms with E-state index in [0.717, 1.165) is 0 Å². The highest BCUT2D eigenvalue weighted by Crippen LogP contribution is 2.27. The van der Waals surface area contributed by atoms with Gasteiger partial charge in [-0.3, -0.25) is 0 Å². The molecule has 0 aliphatic carbocycles. The Balaban J connectivity index is 0.000000791. The van der Waals surface area contributed by atoms with Crippen LogP contribution < -0.4 is 11.5 Å². The van der Waals surface area contributed by atoms with E-state index in [1.165, 1.54) is 36.4 Å². The summed E-state index contributed by atoms with van der Waals surface area (Å²) in [6, 6.07) is 11.1. The Labute approximate surface area is 151 Å². The monoisotopic (exact) mass is 400 g/mol. The Kier molecular flexibility index (Phi) is 7.21. The molecule has 0 atom stereocenters. The van der Waals surface area contributed by atoms with Crippen molar-refractivity contribution < 1.29 is 37.4 Å². The average Bonchev–Trinajstić information content (AvgIpc) is 2.61. The molecular weight excluding hydrogens is 380 g/mol. The maximum absolute atomic E-state index is 11.0. The van der Waals surface area contributed by atoms with Gasteiger partial charge in [0.15, 0.2) is 0 Å². The van der Waals surface area contributed by atoms with Crippen LogP contribution in [0.1, 0.15) is 0 Å². The highest BCUT2D eigenvalue weighted by Gasteiger charge is 2.06. The van der Waals surface area contributed by atoms with Gasteiger partial charge in [-0.1, -0.05) is 12.1 Å². The molecule has 3 aromatic carbocycles. The van der Waals surface area contributed by atoms with Crippen molar-refractivity contribution in [3.05, 3.63) is 48.5 Å². The summed E-state index contributed by atoms with van der Waals surface area (Å²) >= 11 is 0. The van der Waals surface area contributed by atoms with E-state index < -0.39 is 20.2 Å². The fourth-order valence-electron chi connectivity index (χ4n) is 2.26.